The van der Waals surface area contributed by atoms with Crippen molar-refractivity contribution in [3.8, 4) is 0 Å². The van der Waals surface area contributed by atoms with Gasteiger partial charge in [-0.1, -0.05) is 26.8 Å². The van der Waals surface area contributed by atoms with Gasteiger partial charge in [-0.05, 0) is 42.7 Å². The van der Waals surface area contributed by atoms with Crippen molar-refractivity contribution in [2.45, 2.75) is 46.8 Å². The average Bonchev–Trinajstić information content (AvgIpc) is 2.75. The molecule has 0 saturated carbocycles. The molecular formula is C22H35N5. The predicted molar refractivity (Wildman–Crippen MR) is 114 cm³/mol. The Labute approximate surface area is 165 Å². The summed E-state index contributed by atoms with van der Waals surface area (Å²) in [6.45, 7) is 13.9. The van der Waals surface area contributed by atoms with Gasteiger partial charge in [0.15, 0.2) is 0 Å². The van der Waals surface area contributed by atoms with Gasteiger partial charge < -0.3 is 4.90 Å². The first-order valence-electron chi connectivity index (χ1n) is 10.2. The van der Waals surface area contributed by atoms with Crippen LogP contribution in [0.1, 0.15) is 38.8 Å². The molecule has 5 nitrogen and oxygen atoms in total. The van der Waals surface area contributed by atoms with Crippen LogP contribution in [0.3, 0.4) is 0 Å². The fraction of sp³-hybridized carbons (Fsp3) is 0.545. The quantitative estimate of drug-likeness (QED) is 0.776. The summed E-state index contributed by atoms with van der Waals surface area (Å²) in [6, 6.07) is 8.42. The van der Waals surface area contributed by atoms with Crippen LogP contribution in [0, 0.1) is 0 Å². The molecule has 5 heteroatoms. The summed E-state index contributed by atoms with van der Waals surface area (Å²) in [5.41, 5.74) is 2.66. The van der Waals surface area contributed by atoms with Crippen molar-refractivity contribution in [3.63, 3.8) is 0 Å². The van der Waals surface area contributed by atoms with Crippen LogP contribution in [0.25, 0.3) is 0 Å². The maximum atomic E-state index is 4.62. The fourth-order valence-electron chi connectivity index (χ4n) is 3.49. The maximum absolute atomic E-state index is 4.62. The molecule has 0 aliphatic carbocycles. The monoisotopic (exact) mass is 369 g/mol. The summed E-state index contributed by atoms with van der Waals surface area (Å²) in [6.07, 6.45) is 7.01. The van der Waals surface area contributed by atoms with Gasteiger partial charge in [0.2, 0.25) is 0 Å². The molecule has 1 aliphatic heterocycles. The number of hydrogen-bond donors (Lipinski definition) is 0. The van der Waals surface area contributed by atoms with E-state index in [0.29, 0.717) is 6.17 Å². The molecule has 27 heavy (non-hydrogen) atoms. The van der Waals surface area contributed by atoms with E-state index in [1.165, 1.54) is 11.1 Å². The Morgan fingerprint density at radius 2 is 1.70 bits per heavy atom. The number of anilines is 1. The Kier molecular flexibility index (Phi) is 8.69. The number of rotatable bonds is 6. The van der Waals surface area contributed by atoms with E-state index in [2.05, 4.69) is 63.8 Å². The second-order valence-corrected chi connectivity index (χ2v) is 6.75. The first-order chi connectivity index (χ1) is 13.2. The number of nitrogens with zero attached hydrogens (tertiary/aromatic N) is 5. The minimum atomic E-state index is 0.350. The fourth-order valence-corrected chi connectivity index (χ4v) is 3.49. The lowest BCUT2D eigenvalue weighted by Crippen LogP contribution is -2.54. The second kappa shape index (κ2) is 11.0. The van der Waals surface area contributed by atoms with Gasteiger partial charge in [0.1, 0.15) is 5.82 Å². The SMILES string of the molecule is CC.CCc1cccnc1N(C)C(C)N1CCN(Cc2ccncc2)CC1. The predicted octanol–water partition coefficient (Wildman–Crippen LogP) is 3.67. The topological polar surface area (TPSA) is 35.5 Å². The van der Waals surface area contributed by atoms with Crippen LogP contribution >= 0.6 is 0 Å². The van der Waals surface area contributed by atoms with Gasteiger partial charge in [-0.2, -0.15) is 0 Å². The largest absolute Gasteiger partial charge is 0.344 e. The molecule has 0 spiro atoms. The zero-order valence-electron chi connectivity index (χ0n) is 17.6. The smallest absolute Gasteiger partial charge is 0.132 e. The summed E-state index contributed by atoms with van der Waals surface area (Å²) in [5.74, 6) is 1.11. The van der Waals surface area contributed by atoms with Crippen LogP contribution in [-0.2, 0) is 13.0 Å². The molecule has 1 fully saturated rings. The molecule has 1 unspecified atom stereocenters. The third-order valence-electron chi connectivity index (χ3n) is 5.23. The Bertz CT molecular complexity index is 653. The van der Waals surface area contributed by atoms with E-state index in [1.807, 2.05) is 38.5 Å². The number of aromatic nitrogens is 2. The van der Waals surface area contributed by atoms with E-state index in [0.717, 1.165) is 45.0 Å². The van der Waals surface area contributed by atoms with E-state index in [1.54, 1.807) is 0 Å². The standard InChI is InChI=1S/C20H29N5.C2H6/c1-4-19-6-5-9-22-20(19)23(3)17(2)25-14-12-24(13-15-25)16-18-7-10-21-11-8-18;1-2/h5-11,17H,4,12-16H2,1-3H3;1-2H3. The number of hydrogen-bond acceptors (Lipinski definition) is 5. The minimum absolute atomic E-state index is 0.350. The van der Waals surface area contributed by atoms with E-state index in [4.69, 9.17) is 0 Å². The van der Waals surface area contributed by atoms with Crippen molar-refractivity contribution in [2.24, 2.45) is 0 Å². The van der Waals surface area contributed by atoms with Gasteiger partial charge in [-0.15, -0.1) is 0 Å². The molecular weight excluding hydrogens is 334 g/mol. The van der Waals surface area contributed by atoms with Gasteiger partial charge in [0.25, 0.3) is 0 Å². The van der Waals surface area contributed by atoms with Gasteiger partial charge in [0, 0.05) is 58.4 Å². The van der Waals surface area contributed by atoms with Crippen molar-refractivity contribution in [2.75, 3.05) is 38.1 Å². The summed E-state index contributed by atoms with van der Waals surface area (Å²) < 4.78 is 0. The molecule has 0 amide bonds. The third-order valence-corrected chi connectivity index (χ3v) is 5.23. The highest BCUT2D eigenvalue weighted by Gasteiger charge is 2.25. The van der Waals surface area contributed by atoms with Gasteiger partial charge >= 0.3 is 0 Å². The van der Waals surface area contributed by atoms with Crippen LogP contribution in [-0.4, -0.2) is 59.2 Å². The zero-order valence-corrected chi connectivity index (χ0v) is 17.6. The molecule has 148 valence electrons. The van der Waals surface area contributed by atoms with Crippen LogP contribution in [0.2, 0.25) is 0 Å². The molecule has 3 heterocycles. The molecule has 0 bridgehead atoms. The minimum Gasteiger partial charge on any atom is -0.344 e. The summed E-state index contributed by atoms with van der Waals surface area (Å²) in [7, 11) is 2.16. The molecule has 0 N–H and O–H groups in total. The number of pyridine rings is 2. The van der Waals surface area contributed by atoms with Gasteiger partial charge in [0.05, 0.1) is 6.17 Å². The first kappa shape index (κ1) is 21.3. The Morgan fingerprint density at radius 1 is 1.04 bits per heavy atom. The van der Waals surface area contributed by atoms with E-state index >= 15 is 0 Å². The van der Waals surface area contributed by atoms with Crippen LogP contribution < -0.4 is 4.90 Å². The summed E-state index contributed by atoms with van der Waals surface area (Å²) in [5, 5.41) is 0. The average molecular weight is 370 g/mol. The van der Waals surface area contributed by atoms with E-state index < -0.39 is 0 Å². The molecule has 2 aromatic heterocycles. The van der Waals surface area contributed by atoms with Crippen LogP contribution in [0.15, 0.2) is 42.9 Å². The normalized spacial score (nSPS) is 16.3. The Morgan fingerprint density at radius 3 is 2.33 bits per heavy atom. The van der Waals surface area contributed by atoms with Gasteiger partial charge in [-0.3, -0.25) is 14.8 Å². The second-order valence-electron chi connectivity index (χ2n) is 6.75. The highest BCUT2D eigenvalue weighted by molar-refractivity contribution is 5.46. The highest BCUT2D eigenvalue weighted by Crippen LogP contribution is 2.21. The lowest BCUT2D eigenvalue weighted by atomic mass is 10.2. The molecule has 0 radical (unpaired) electrons. The van der Waals surface area contributed by atoms with Gasteiger partial charge in [-0.25, -0.2) is 4.98 Å². The van der Waals surface area contributed by atoms with Crippen molar-refractivity contribution in [1.82, 2.24) is 19.8 Å². The molecule has 3 rings (SSSR count). The Hall–Kier alpha value is -1.98. The number of piperazine rings is 1. The third kappa shape index (κ3) is 5.75. The van der Waals surface area contributed by atoms with E-state index in [9.17, 15) is 0 Å². The number of aryl methyl sites for hydroxylation is 1. The zero-order chi connectivity index (χ0) is 19.6. The van der Waals surface area contributed by atoms with Crippen molar-refractivity contribution in [1.29, 1.82) is 0 Å². The lowest BCUT2D eigenvalue weighted by Gasteiger charge is -2.42. The Balaban J connectivity index is 0.00000126. The summed E-state index contributed by atoms with van der Waals surface area (Å²) in [4.78, 5) is 16.1. The van der Waals surface area contributed by atoms with Crippen LogP contribution in [0.4, 0.5) is 5.82 Å². The molecule has 1 saturated heterocycles. The highest BCUT2D eigenvalue weighted by atomic mass is 15.4. The van der Waals surface area contributed by atoms with Crippen molar-refractivity contribution >= 4 is 5.82 Å². The summed E-state index contributed by atoms with van der Waals surface area (Å²) >= 11 is 0. The van der Waals surface area contributed by atoms with Crippen molar-refractivity contribution in [3.05, 3.63) is 54.0 Å². The van der Waals surface area contributed by atoms with E-state index in [-0.39, 0.29) is 0 Å². The maximum Gasteiger partial charge on any atom is 0.132 e. The first-order valence-corrected chi connectivity index (χ1v) is 10.2. The lowest BCUT2D eigenvalue weighted by molar-refractivity contribution is 0.0976. The molecule has 1 aliphatic rings. The molecule has 2 aromatic rings. The molecule has 1 atom stereocenters. The van der Waals surface area contributed by atoms with Crippen LogP contribution in [0.5, 0.6) is 0 Å². The molecule has 0 aromatic carbocycles. The van der Waals surface area contributed by atoms with Crippen molar-refractivity contribution < 1.29 is 0 Å².